The van der Waals surface area contributed by atoms with Crippen LogP contribution < -0.4 is 5.32 Å². The van der Waals surface area contributed by atoms with Crippen molar-refractivity contribution < 1.29 is 14.6 Å². The molecule has 2 N–H and O–H groups in total. The predicted octanol–water partition coefficient (Wildman–Crippen LogP) is 3.51. The van der Waals surface area contributed by atoms with Crippen molar-refractivity contribution in [3.05, 3.63) is 35.4 Å². The first-order valence-electron chi connectivity index (χ1n) is 11.6. The van der Waals surface area contributed by atoms with E-state index in [1.54, 1.807) is 0 Å². The van der Waals surface area contributed by atoms with E-state index in [2.05, 4.69) is 55.3 Å². The molecule has 2 aliphatic carbocycles. The monoisotopic (exact) mass is 412 g/mol. The van der Waals surface area contributed by atoms with E-state index in [-0.39, 0.29) is 16.9 Å². The van der Waals surface area contributed by atoms with Crippen LogP contribution in [-0.2, 0) is 14.9 Å². The average Bonchev–Trinajstić information content (AvgIpc) is 3.06. The van der Waals surface area contributed by atoms with Gasteiger partial charge in [-0.2, -0.15) is 0 Å². The molecule has 2 saturated heterocycles. The number of benzene rings is 1. The van der Waals surface area contributed by atoms with Crippen molar-refractivity contribution in [2.75, 3.05) is 19.7 Å². The van der Waals surface area contributed by atoms with Crippen LogP contribution in [0.15, 0.2) is 24.3 Å². The number of likely N-dealkylation sites (tertiary alicyclic amines) is 1. The van der Waals surface area contributed by atoms with Gasteiger partial charge in [-0.15, -0.1) is 0 Å². The van der Waals surface area contributed by atoms with Gasteiger partial charge in [0.05, 0.1) is 6.61 Å². The lowest BCUT2D eigenvalue weighted by Crippen LogP contribution is -2.59. The number of rotatable bonds is 2. The summed E-state index contributed by atoms with van der Waals surface area (Å²) in [6.07, 6.45) is 5.54. The second-order valence-corrected chi connectivity index (χ2v) is 11.5. The second-order valence-electron chi connectivity index (χ2n) is 11.5. The van der Waals surface area contributed by atoms with Crippen molar-refractivity contribution >= 4 is 5.91 Å². The number of piperidine rings is 1. The summed E-state index contributed by atoms with van der Waals surface area (Å²) in [6.45, 7) is 9.17. The van der Waals surface area contributed by atoms with Gasteiger partial charge in [0.2, 0.25) is 12.3 Å². The first-order chi connectivity index (χ1) is 14.2. The number of aliphatic hydroxyl groups is 1. The maximum absolute atomic E-state index is 12.9. The molecule has 5 heteroatoms. The smallest absolute Gasteiger partial charge is 0.225 e. The number of ether oxygens (including phenoxy) is 1. The third-order valence-electron chi connectivity index (χ3n) is 8.29. The maximum atomic E-state index is 12.9. The Labute approximate surface area is 180 Å². The van der Waals surface area contributed by atoms with Crippen molar-refractivity contribution in [2.24, 2.45) is 11.3 Å². The molecule has 0 bridgehead atoms. The molecule has 0 aromatic heterocycles. The second kappa shape index (κ2) is 7.04. The highest BCUT2D eigenvalue weighted by Crippen LogP contribution is 2.57. The summed E-state index contributed by atoms with van der Waals surface area (Å²) in [7, 11) is 0. The van der Waals surface area contributed by atoms with Gasteiger partial charge in [-0.3, -0.25) is 10.1 Å². The Morgan fingerprint density at radius 3 is 2.47 bits per heavy atom. The Balaban J connectivity index is 1.12. The molecule has 0 radical (unpaired) electrons. The van der Waals surface area contributed by atoms with Crippen LogP contribution in [0, 0.1) is 11.3 Å². The zero-order valence-electron chi connectivity index (χ0n) is 18.6. The average molecular weight is 413 g/mol. The molecule has 1 atom stereocenters. The molecule has 2 saturated carbocycles. The lowest BCUT2D eigenvalue weighted by molar-refractivity contribution is -0.144. The molecule has 1 amide bonds. The molecular formula is C25H36N2O3. The van der Waals surface area contributed by atoms with E-state index < -0.39 is 6.41 Å². The van der Waals surface area contributed by atoms with E-state index in [9.17, 15) is 9.90 Å². The number of aliphatic hydroxyl groups excluding tert-OH is 1. The molecule has 1 aromatic rings. The van der Waals surface area contributed by atoms with Crippen LogP contribution >= 0.6 is 0 Å². The fourth-order valence-corrected chi connectivity index (χ4v) is 6.23. The number of hydrogen-bond acceptors (Lipinski definition) is 4. The first kappa shape index (κ1) is 20.5. The third kappa shape index (κ3) is 3.59. The molecule has 5 rings (SSSR count). The largest absolute Gasteiger partial charge is 0.356 e. The van der Waals surface area contributed by atoms with Gasteiger partial charge in [0.25, 0.3) is 0 Å². The van der Waals surface area contributed by atoms with E-state index in [0.29, 0.717) is 23.8 Å². The molecule has 4 aliphatic rings. The number of hydrogen-bond donors (Lipinski definition) is 2. The third-order valence-corrected chi connectivity index (χ3v) is 8.29. The Morgan fingerprint density at radius 1 is 1.17 bits per heavy atom. The molecule has 4 fully saturated rings. The van der Waals surface area contributed by atoms with Crippen LogP contribution in [0.25, 0.3) is 0 Å². The van der Waals surface area contributed by atoms with Crippen LogP contribution in [-0.4, -0.2) is 47.6 Å². The highest BCUT2D eigenvalue weighted by atomic mass is 16.6. The molecule has 164 valence electrons. The van der Waals surface area contributed by atoms with E-state index in [1.807, 2.05) is 0 Å². The van der Waals surface area contributed by atoms with Crippen molar-refractivity contribution in [3.8, 4) is 0 Å². The minimum absolute atomic E-state index is 0.0923. The van der Waals surface area contributed by atoms with Gasteiger partial charge in [0, 0.05) is 24.5 Å². The molecule has 1 aromatic carbocycles. The van der Waals surface area contributed by atoms with Crippen LogP contribution in [0.1, 0.15) is 76.3 Å². The highest BCUT2D eigenvalue weighted by molar-refractivity contribution is 5.80. The molecular weight excluding hydrogens is 376 g/mol. The fraction of sp³-hybridized carbons (Fsp3) is 0.720. The zero-order chi connectivity index (χ0) is 21.1. The van der Waals surface area contributed by atoms with Gasteiger partial charge in [-0.05, 0) is 66.4 Å². The number of amides is 1. The molecule has 30 heavy (non-hydrogen) atoms. The van der Waals surface area contributed by atoms with Crippen LogP contribution in [0.2, 0.25) is 0 Å². The predicted molar refractivity (Wildman–Crippen MR) is 116 cm³/mol. The van der Waals surface area contributed by atoms with Crippen molar-refractivity contribution in [1.29, 1.82) is 0 Å². The summed E-state index contributed by atoms with van der Waals surface area (Å²) < 4.78 is 5.23. The summed E-state index contributed by atoms with van der Waals surface area (Å²) in [5.74, 6) is 1.09. The fourth-order valence-electron chi connectivity index (χ4n) is 6.23. The number of carbonyl (C=O) groups is 1. The van der Waals surface area contributed by atoms with Crippen LogP contribution in [0.4, 0.5) is 0 Å². The van der Waals surface area contributed by atoms with E-state index in [4.69, 9.17) is 4.74 Å². The first-order valence-corrected chi connectivity index (χ1v) is 11.6. The van der Waals surface area contributed by atoms with Gasteiger partial charge in [0.1, 0.15) is 0 Å². The molecule has 2 heterocycles. The number of nitrogens with one attached hydrogen (secondary N) is 1. The van der Waals surface area contributed by atoms with Gasteiger partial charge in [0.15, 0.2) is 0 Å². The Hall–Kier alpha value is -1.43. The summed E-state index contributed by atoms with van der Waals surface area (Å²) in [4.78, 5) is 15.0. The SMILES string of the molecule is CC(C)(C)c1cccc(C2CC3(CCN(C(=O)C4CC5(COC(O)N5)C4)CC3)C2)c1. The van der Waals surface area contributed by atoms with E-state index >= 15 is 0 Å². The van der Waals surface area contributed by atoms with Gasteiger partial charge < -0.3 is 14.7 Å². The van der Waals surface area contributed by atoms with Gasteiger partial charge >= 0.3 is 0 Å². The van der Waals surface area contributed by atoms with E-state index in [1.165, 1.54) is 24.0 Å². The Morgan fingerprint density at radius 2 is 1.87 bits per heavy atom. The summed E-state index contributed by atoms with van der Waals surface area (Å²) in [6, 6.07) is 9.19. The molecule has 5 nitrogen and oxygen atoms in total. The normalized spacial score (nSPS) is 30.3. The minimum Gasteiger partial charge on any atom is -0.356 e. The molecule has 1 unspecified atom stereocenters. The Bertz CT molecular complexity index is 808. The lowest BCUT2D eigenvalue weighted by atomic mass is 9.55. The lowest BCUT2D eigenvalue weighted by Gasteiger charge is -2.53. The van der Waals surface area contributed by atoms with E-state index in [0.717, 1.165) is 38.8 Å². The number of nitrogens with zero attached hydrogens (tertiary/aromatic N) is 1. The quantitative estimate of drug-likeness (QED) is 0.780. The van der Waals surface area contributed by atoms with Crippen molar-refractivity contribution in [1.82, 2.24) is 10.2 Å². The Kier molecular flexibility index (Phi) is 4.81. The van der Waals surface area contributed by atoms with Crippen LogP contribution in [0.3, 0.4) is 0 Å². The molecule has 2 spiro atoms. The summed E-state index contributed by atoms with van der Waals surface area (Å²) in [5, 5.41) is 12.6. The van der Waals surface area contributed by atoms with Crippen LogP contribution in [0.5, 0.6) is 0 Å². The summed E-state index contributed by atoms with van der Waals surface area (Å²) >= 11 is 0. The van der Waals surface area contributed by atoms with Crippen molar-refractivity contribution in [3.63, 3.8) is 0 Å². The van der Waals surface area contributed by atoms with Gasteiger partial charge in [-0.25, -0.2) is 0 Å². The molecule has 2 aliphatic heterocycles. The van der Waals surface area contributed by atoms with Crippen molar-refractivity contribution in [2.45, 2.75) is 82.6 Å². The van der Waals surface area contributed by atoms with Gasteiger partial charge in [-0.1, -0.05) is 45.0 Å². The standard InChI is InChI=1S/C25H36N2O3/c1-23(2,3)20-6-4-5-17(11-20)18-12-24(13-18)7-9-27(10-8-24)21(28)19-14-25(15-19)16-30-22(29)26-25/h4-6,11,18-19,22,26,29H,7-10,12-16H2,1-3H3. The minimum atomic E-state index is -0.869. The summed E-state index contributed by atoms with van der Waals surface area (Å²) in [5.41, 5.74) is 3.40. The highest BCUT2D eigenvalue weighted by Gasteiger charge is 2.53. The maximum Gasteiger partial charge on any atom is 0.225 e. The zero-order valence-corrected chi connectivity index (χ0v) is 18.6. The number of carbonyl (C=O) groups excluding carboxylic acids is 1. The topological polar surface area (TPSA) is 61.8 Å².